The van der Waals surface area contributed by atoms with Gasteiger partial charge in [0.25, 0.3) is 0 Å². The highest BCUT2D eigenvalue weighted by Gasteiger charge is 2.13. The average Bonchev–Trinajstić information content (AvgIpc) is 2.72. The van der Waals surface area contributed by atoms with E-state index in [9.17, 15) is 4.39 Å². The lowest BCUT2D eigenvalue weighted by Crippen LogP contribution is -1.91. The smallest absolute Gasteiger partial charge is 0.142 e. The Morgan fingerprint density at radius 2 is 2.11 bits per heavy atom. The Hall–Kier alpha value is -1.59. The van der Waals surface area contributed by atoms with Crippen molar-refractivity contribution in [2.24, 2.45) is 0 Å². The van der Waals surface area contributed by atoms with Crippen LogP contribution in [0.4, 0.5) is 10.1 Å². The molecule has 3 rings (SSSR count). The Labute approximate surface area is 121 Å². The minimum absolute atomic E-state index is 0.352. The summed E-state index contributed by atoms with van der Waals surface area (Å²) in [6.45, 7) is 0. The SMILES string of the molecule is Nc1cccc(Cl)c1-c1nc2cc(Br)c(F)cc2[nH]1. The van der Waals surface area contributed by atoms with Crippen molar-refractivity contribution >= 4 is 44.3 Å². The molecule has 0 aliphatic carbocycles. The molecule has 3 aromatic rings. The van der Waals surface area contributed by atoms with Crippen LogP contribution in [0.5, 0.6) is 0 Å². The van der Waals surface area contributed by atoms with Crippen LogP contribution < -0.4 is 5.73 Å². The maximum atomic E-state index is 13.5. The average molecular weight is 341 g/mol. The summed E-state index contributed by atoms with van der Waals surface area (Å²) in [6.07, 6.45) is 0. The number of fused-ring (bicyclic) bond motifs is 1. The summed E-state index contributed by atoms with van der Waals surface area (Å²) in [5, 5.41) is 0.499. The molecule has 0 bridgehead atoms. The number of imidazole rings is 1. The van der Waals surface area contributed by atoms with Gasteiger partial charge in [0.2, 0.25) is 0 Å². The predicted molar refractivity (Wildman–Crippen MR) is 78.6 cm³/mol. The molecular weight excluding hydrogens is 333 g/mol. The molecule has 0 saturated carbocycles. The Kier molecular flexibility index (Phi) is 2.95. The highest BCUT2D eigenvalue weighted by Crippen LogP contribution is 2.33. The van der Waals surface area contributed by atoms with Crippen LogP contribution >= 0.6 is 27.5 Å². The van der Waals surface area contributed by atoms with E-state index in [0.29, 0.717) is 37.6 Å². The number of nitrogens with two attached hydrogens (primary N) is 1. The Balaban J connectivity index is 2.26. The maximum absolute atomic E-state index is 13.5. The number of aromatic nitrogens is 2. The Morgan fingerprint density at radius 1 is 1.32 bits per heavy atom. The molecular formula is C13H8BrClFN3. The first-order chi connectivity index (χ1) is 9.06. The van der Waals surface area contributed by atoms with E-state index in [1.54, 1.807) is 24.3 Å². The zero-order valence-electron chi connectivity index (χ0n) is 9.55. The van der Waals surface area contributed by atoms with E-state index in [2.05, 4.69) is 25.9 Å². The molecule has 0 aliphatic heterocycles. The fourth-order valence-corrected chi connectivity index (χ4v) is 2.52. The molecule has 0 radical (unpaired) electrons. The normalized spacial score (nSPS) is 11.1. The van der Waals surface area contributed by atoms with E-state index < -0.39 is 0 Å². The van der Waals surface area contributed by atoms with Crippen molar-refractivity contribution in [3.63, 3.8) is 0 Å². The third kappa shape index (κ3) is 2.09. The summed E-state index contributed by atoms with van der Waals surface area (Å²) in [5.41, 5.74) is 8.28. The first-order valence-corrected chi connectivity index (χ1v) is 6.62. The van der Waals surface area contributed by atoms with Crippen LogP contribution in [0.2, 0.25) is 5.02 Å². The monoisotopic (exact) mass is 339 g/mol. The quantitative estimate of drug-likeness (QED) is 0.646. The summed E-state index contributed by atoms with van der Waals surface area (Å²) in [5.74, 6) is 0.172. The van der Waals surface area contributed by atoms with Gasteiger partial charge in [-0.05, 0) is 34.1 Å². The topological polar surface area (TPSA) is 54.7 Å². The van der Waals surface area contributed by atoms with Gasteiger partial charge in [0, 0.05) is 11.8 Å². The van der Waals surface area contributed by atoms with Crippen LogP contribution in [0.15, 0.2) is 34.8 Å². The van der Waals surface area contributed by atoms with Gasteiger partial charge in [-0.25, -0.2) is 9.37 Å². The van der Waals surface area contributed by atoms with Gasteiger partial charge in [-0.15, -0.1) is 0 Å². The molecule has 0 unspecified atom stereocenters. The van der Waals surface area contributed by atoms with Crippen molar-refractivity contribution in [3.05, 3.63) is 45.6 Å². The second-order valence-electron chi connectivity index (χ2n) is 4.07. The number of nitrogens with zero attached hydrogens (tertiary/aromatic N) is 1. The summed E-state index contributed by atoms with van der Waals surface area (Å²) in [4.78, 5) is 7.42. The van der Waals surface area contributed by atoms with Gasteiger partial charge in [0.05, 0.1) is 26.1 Å². The van der Waals surface area contributed by atoms with Crippen LogP contribution in [0.3, 0.4) is 0 Å². The van der Waals surface area contributed by atoms with Gasteiger partial charge in [-0.1, -0.05) is 17.7 Å². The van der Waals surface area contributed by atoms with E-state index in [4.69, 9.17) is 17.3 Å². The molecule has 96 valence electrons. The summed E-state index contributed by atoms with van der Waals surface area (Å²) >= 11 is 9.26. The molecule has 0 saturated heterocycles. The number of H-pyrrole nitrogens is 1. The molecule has 3 nitrogen and oxygen atoms in total. The second-order valence-corrected chi connectivity index (χ2v) is 5.33. The van der Waals surface area contributed by atoms with E-state index in [-0.39, 0.29) is 5.82 Å². The van der Waals surface area contributed by atoms with E-state index in [1.165, 1.54) is 6.07 Å². The third-order valence-corrected chi connectivity index (χ3v) is 3.73. The molecule has 2 aromatic carbocycles. The first kappa shape index (κ1) is 12.4. The second kappa shape index (κ2) is 4.51. The highest BCUT2D eigenvalue weighted by atomic mass is 79.9. The maximum Gasteiger partial charge on any atom is 0.142 e. The fourth-order valence-electron chi connectivity index (χ4n) is 1.91. The number of halogens is 3. The van der Waals surface area contributed by atoms with Gasteiger partial charge in [-0.3, -0.25) is 0 Å². The minimum Gasteiger partial charge on any atom is -0.398 e. The van der Waals surface area contributed by atoms with Crippen molar-refractivity contribution in [3.8, 4) is 11.4 Å². The molecule has 0 fully saturated rings. The molecule has 6 heteroatoms. The molecule has 0 aliphatic rings. The third-order valence-electron chi connectivity index (χ3n) is 2.81. The Morgan fingerprint density at radius 3 is 2.84 bits per heavy atom. The van der Waals surface area contributed by atoms with Crippen LogP contribution in [0, 0.1) is 5.82 Å². The standard InChI is InChI=1S/C13H8BrClFN3/c14-6-4-10-11(5-8(6)16)19-13(18-10)12-7(15)2-1-3-9(12)17/h1-5H,17H2,(H,18,19). The van der Waals surface area contributed by atoms with E-state index >= 15 is 0 Å². The Bertz CT molecular complexity index is 726. The lowest BCUT2D eigenvalue weighted by molar-refractivity contribution is 0.623. The van der Waals surface area contributed by atoms with Gasteiger partial charge in [0.15, 0.2) is 0 Å². The van der Waals surface area contributed by atoms with Crippen molar-refractivity contribution in [2.45, 2.75) is 0 Å². The molecule has 1 aromatic heterocycles. The van der Waals surface area contributed by atoms with Crippen LogP contribution in [0.1, 0.15) is 0 Å². The highest BCUT2D eigenvalue weighted by molar-refractivity contribution is 9.10. The van der Waals surface area contributed by atoms with Gasteiger partial charge in [-0.2, -0.15) is 0 Å². The fraction of sp³-hybridized carbons (Fsp3) is 0. The van der Waals surface area contributed by atoms with Crippen molar-refractivity contribution in [1.82, 2.24) is 9.97 Å². The molecule has 0 atom stereocenters. The van der Waals surface area contributed by atoms with Gasteiger partial charge < -0.3 is 10.7 Å². The van der Waals surface area contributed by atoms with Crippen molar-refractivity contribution < 1.29 is 4.39 Å². The zero-order valence-corrected chi connectivity index (χ0v) is 11.9. The molecule has 0 spiro atoms. The summed E-state index contributed by atoms with van der Waals surface area (Å²) < 4.78 is 13.8. The van der Waals surface area contributed by atoms with E-state index in [0.717, 1.165) is 0 Å². The van der Waals surface area contributed by atoms with Crippen LogP contribution in [-0.4, -0.2) is 9.97 Å². The van der Waals surface area contributed by atoms with Crippen LogP contribution in [-0.2, 0) is 0 Å². The molecule has 3 N–H and O–H groups in total. The number of benzene rings is 2. The summed E-state index contributed by atoms with van der Waals surface area (Å²) in [6, 6.07) is 8.22. The zero-order chi connectivity index (χ0) is 13.6. The number of nitrogen functional groups attached to an aromatic ring is 1. The largest absolute Gasteiger partial charge is 0.398 e. The number of anilines is 1. The number of hydrogen-bond donors (Lipinski definition) is 2. The number of rotatable bonds is 1. The lowest BCUT2D eigenvalue weighted by Gasteiger charge is -2.03. The number of aromatic amines is 1. The first-order valence-electron chi connectivity index (χ1n) is 5.45. The molecule has 1 heterocycles. The predicted octanol–water partition coefficient (Wildman–Crippen LogP) is 4.37. The van der Waals surface area contributed by atoms with Gasteiger partial charge >= 0.3 is 0 Å². The molecule has 0 amide bonds. The number of nitrogens with one attached hydrogen (secondary N) is 1. The molecule has 19 heavy (non-hydrogen) atoms. The summed E-state index contributed by atoms with van der Waals surface area (Å²) in [7, 11) is 0. The lowest BCUT2D eigenvalue weighted by atomic mass is 10.2. The van der Waals surface area contributed by atoms with Crippen molar-refractivity contribution in [1.29, 1.82) is 0 Å². The van der Waals surface area contributed by atoms with Gasteiger partial charge in [0.1, 0.15) is 11.6 Å². The van der Waals surface area contributed by atoms with Crippen LogP contribution in [0.25, 0.3) is 22.4 Å². The minimum atomic E-state index is -0.352. The number of hydrogen-bond acceptors (Lipinski definition) is 2. The van der Waals surface area contributed by atoms with Crippen molar-refractivity contribution in [2.75, 3.05) is 5.73 Å². The van der Waals surface area contributed by atoms with E-state index in [1.807, 2.05) is 0 Å².